The fourth-order valence-electron chi connectivity index (χ4n) is 6.16. The highest BCUT2D eigenvalue weighted by Gasteiger charge is 2.33. The Morgan fingerprint density at radius 3 is 2.84 bits per heavy atom. The van der Waals surface area contributed by atoms with Crippen molar-refractivity contribution in [2.75, 3.05) is 36.4 Å². The Morgan fingerprint density at radius 2 is 1.94 bits per heavy atom. The van der Waals surface area contributed by atoms with Crippen LogP contribution in [0.4, 0.5) is 11.4 Å². The number of likely N-dealkylation sites (tertiary alicyclic amines) is 1. The van der Waals surface area contributed by atoms with Gasteiger partial charge in [0.2, 0.25) is 0 Å². The fourth-order valence-corrected chi connectivity index (χ4v) is 6.16. The van der Waals surface area contributed by atoms with Crippen LogP contribution in [0.1, 0.15) is 49.7 Å². The van der Waals surface area contributed by atoms with Gasteiger partial charge in [0.05, 0.1) is 5.52 Å². The second-order valence-electron chi connectivity index (χ2n) is 10.0. The van der Waals surface area contributed by atoms with Gasteiger partial charge in [0, 0.05) is 60.6 Å². The molecule has 4 heterocycles. The number of nitrogens with zero attached hydrogens (tertiary/aromatic N) is 3. The van der Waals surface area contributed by atoms with Gasteiger partial charge in [-0.15, -0.1) is 0 Å². The lowest BCUT2D eigenvalue weighted by atomic mass is 9.93. The van der Waals surface area contributed by atoms with Crippen LogP contribution in [0.3, 0.4) is 0 Å². The monoisotopic (exact) mass is 426 g/mol. The van der Waals surface area contributed by atoms with Gasteiger partial charge in [-0.25, -0.2) is 0 Å². The van der Waals surface area contributed by atoms with Crippen molar-refractivity contribution in [1.82, 2.24) is 9.88 Å². The van der Waals surface area contributed by atoms with E-state index in [4.69, 9.17) is 4.98 Å². The molecule has 0 saturated carbocycles. The molecule has 166 valence electrons. The molecule has 2 aromatic carbocycles. The van der Waals surface area contributed by atoms with E-state index in [-0.39, 0.29) is 0 Å². The Labute approximate surface area is 191 Å². The van der Waals surface area contributed by atoms with Crippen molar-refractivity contribution in [1.29, 1.82) is 0 Å². The second kappa shape index (κ2) is 8.40. The van der Waals surface area contributed by atoms with Gasteiger partial charge in [-0.3, -0.25) is 9.88 Å². The first-order valence-corrected chi connectivity index (χ1v) is 12.5. The number of nitrogens with one attached hydrogen (secondary N) is 1. The molecule has 0 aliphatic carbocycles. The Balaban J connectivity index is 1.16. The van der Waals surface area contributed by atoms with Crippen LogP contribution in [0.5, 0.6) is 0 Å². The van der Waals surface area contributed by atoms with E-state index in [1.807, 2.05) is 0 Å². The number of benzene rings is 2. The molecule has 1 N–H and O–H groups in total. The summed E-state index contributed by atoms with van der Waals surface area (Å²) in [6.07, 6.45) is 8.41. The third-order valence-corrected chi connectivity index (χ3v) is 8.07. The minimum Gasteiger partial charge on any atom is -0.384 e. The average Bonchev–Trinajstić information content (AvgIpc) is 3.42. The van der Waals surface area contributed by atoms with E-state index in [1.54, 1.807) is 0 Å². The topological polar surface area (TPSA) is 31.4 Å². The van der Waals surface area contributed by atoms with Crippen LogP contribution < -0.4 is 10.2 Å². The van der Waals surface area contributed by atoms with Crippen molar-refractivity contribution in [2.45, 2.75) is 57.0 Å². The number of rotatable bonds is 3. The van der Waals surface area contributed by atoms with Crippen molar-refractivity contribution in [3.05, 3.63) is 65.9 Å². The van der Waals surface area contributed by atoms with Crippen molar-refractivity contribution >= 4 is 22.3 Å². The van der Waals surface area contributed by atoms with Gasteiger partial charge in [-0.1, -0.05) is 18.2 Å². The van der Waals surface area contributed by atoms with Crippen molar-refractivity contribution in [3.63, 3.8) is 0 Å². The molecule has 2 fully saturated rings. The van der Waals surface area contributed by atoms with Gasteiger partial charge in [-0.2, -0.15) is 0 Å². The molecule has 6 rings (SSSR count). The maximum atomic E-state index is 4.71. The van der Waals surface area contributed by atoms with Gasteiger partial charge in [0.1, 0.15) is 0 Å². The molecule has 0 amide bonds. The van der Waals surface area contributed by atoms with E-state index in [2.05, 4.69) is 76.8 Å². The maximum absolute atomic E-state index is 4.71. The molecule has 4 heteroatoms. The number of aromatic nitrogens is 1. The highest BCUT2D eigenvalue weighted by molar-refractivity contribution is 5.79. The molecule has 32 heavy (non-hydrogen) atoms. The lowest BCUT2D eigenvalue weighted by Crippen LogP contribution is -2.39. The largest absolute Gasteiger partial charge is 0.384 e. The lowest BCUT2D eigenvalue weighted by Gasteiger charge is -2.28. The predicted octanol–water partition coefficient (Wildman–Crippen LogP) is 5.44. The predicted molar refractivity (Wildman–Crippen MR) is 134 cm³/mol. The number of hydrogen-bond donors (Lipinski definition) is 1. The zero-order valence-electron chi connectivity index (χ0n) is 19.1. The Kier molecular flexibility index (Phi) is 5.26. The molecule has 1 unspecified atom stereocenters. The first-order valence-electron chi connectivity index (χ1n) is 12.5. The third-order valence-electron chi connectivity index (χ3n) is 8.07. The lowest BCUT2D eigenvalue weighted by molar-refractivity contribution is 0.204. The van der Waals surface area contributed by atoms with Crippen molar-refractivity contribution < 1.29 is 0 Å². The summed E-state index contributed by atoms with van der Waals surface area (Å²) in [4.78, 5) is 10.1. The minimum atomic E-state index is 0.496. The zero-order chi connectivity index (χ0) is 21.5. The summed E-state index contributed by atoms with van der Waals surface area (Å²) in [5, 5.41) is 4.99. The van der Waals surface area contributed by atoms with Gasteiger partial charge < -0.3 is 10.2 Å². The highest BCUT2D eigenvalue weighted by atomic mass is 15.3. The summed E-state index contributed by atoms with van der Waals surface area (Å²) in [6.45, 7) is 7.04. The quantitative estimate of drug-likeness (QED) is 0.604. The van der Waals surface area contributed by atoms with Crippen LogP contribution in [-0.4, -0.2) is 48.1 Å². The first kappa shape index (κ1) is 20.0. The molecule has 3 aromatic rings. The van der Waals surface area contributed by atoms with Gasteiger partial charge >= 0.3 is 0 Å². The molecule has 4 nitrogen and oxygen atoms in total. The van der Waals surface area contributed by atoms with Crippen LogP contribution in [0, 0.1) is 0 Å². The standard InChI is InChI=1S/C28H34N4/c1-20-5-4-13-32(20)26-12-14-31(19-26)25-10-11-28-22(16-25)8-9-23(17-29-28)24-15-21-6-2-3-7-27(21)30-18-24/h2-3,6-7,10-11,15-16,18,20,23,26,29H,4-5,8-9,12-14,17,19H2,1H3/t20-,23?,26-/m0/s1. The van der Waals surface area contributed by atoms with Gasteiger partial charge in [0.15, 0.2) is 0 Å². The smallest absolute Gasteiger partial charge is 0.0702 e. The first-order chi connectivity index (χ1) is 15.7. The minimum absolute atomic E-state index is 0.496. The summed E-state index contributed by atoms with van der Waals surface area (Å²) in [5.41, 5.74) is 6.63. The average molecular weight is 427 g/mol. The molecule has 0 bridgehead atoms. The molecule has 2 saturated heterocycles. The number of pyridine rings is 1. The number of aryl methyl sites for hydroxylation is 1. The molecule has 3 aliphatic heterocycles. The number of para-hydroxylation sites is 1. The van der Waals surface area contributed by atoms with Crippen LogP contribution in [0.2, 0.25) is 0 Å². The van der Waals surface area contributed by atoms with Crippen LogP contribution >= 0.6 is 0 Å². The van der Waals surface area contributed by atoms with E-state index in [0.29, 0.717) is 5.92 Å². The van der Waals surface area contributed by atoms with Gasteiger partial charge in [0.25, 0.3) is 0 Å². The summed E-state index contributed by atoms with van der Waals surface area (Å²) >= 11 is 0. The molecular formula is C28H34N4. The Bertz CT molecular complexity index is 1110. The number of fused-ring (bicyclic) bond motifs is 2. The molecule has 0 spiro atoms. The van der Waals surface area contributed by atoms with Crippen molar-refractivity contribution in [3.8, 4) is 0 Å². The zero-order valence-corrected chi connectivity index (χ0v) is 19.1. The normalized spacial score (nSPS) is 26.2. The van der Waals surface area contributed by atoms with E-state index in [1.165, 1.54) is 66.8 Å². The fraction of sp³-hybridized carbons (Fsp3) is 0.464. The number of hydrogen-bond acceptors (Lipinski definition) is 4. The van der Waals surface area contributed by atoms with E-state index >= 15 is 0 Å². The highest BCUT2D eigenvalue weighted by Crippen LogP contribution is 2.34. The third kappa shape index (κ3) is 3.75. The SMILES string of the molecule is C[C@H]1CCCN1[C@H]1CCN(c2ccc3c(c2)CCC(c2cnc4ccccc4c2)CN3)C1. The summed E-state index contributed by atoms with van der Waals surface area (Å²) < 4.78 is 0. The maximum Gasteiger partial charge on any atom is 0.0702 e. The summed E-state index contributed by atoms with van der Waals surface area (Å²) in [6, 6.07) is 19.4. The molecule has 0 radical (unpaired) electrons. The molecular weight excluding hydrogens is 392 g/mol. The van der Waals surface area contributed by atoms with E-state index < -0.39 is 0 Å². The van der Waals surface area contributed by atoms with Crippen LogP contribution in [0.15, 0.2) is 54.7 Å². The number of anilines is 2. The van der Waals surface area contributed by atoms with E-state index in [9.17, 15) is 0 Å². The summed E-state index contributed by atoms with van der Waals surface area (Å²) in [5.74, 6) is 0.496. The second-order valence-corrected chi connectivity index (χ2v) is 10.0. The van der Waals surface area contributed by atoms with E-state index in [0.717, 1.165) is 37.0 Å². The van der Waals surface area contributed by atoms with Gasteiger partial charge in [-0.05, 0) is 87.0 Å². The summed E-state index contributed by atoms with van der Waals surface area (Å²) in [7, 11) is 0. The molecule has 3 aliphatic rings. The van der Waals surface area contributed by atoms with Crippen LogP contribution in [-0.2, 0) is 6.42 Å². The van der Waals surface area contributed by atoms with Crippen molar-refractivity contribution in [2.24, 2.45) is 0 Å². The molecule has 3 atom stereocenters. The van der Waals surface area contributed by atoms with Crippen LogP contribution in [0.25, 0.3) is 10.9 Å². The Hall–Kier alpha value is -2.59. The Morgan fingerprint density at radius 1 is 1.00 bits per heavy atom. The molecule has 1 aromatic heterocycles.